The van der Waals surface area contributed by atoms with Gasteiger partial charge in [-0.1, -0.05) is 0 Å². The Labute approximate surface area is 127 Å². The number of ether oxygens (including phenoxy) is 3. The van der Waals surface area contributed by atoms with Crippen LogP contribution in [0.5, 0.6) is 11.5 Å². The van der Waals surface area contributed by atoms with E-state index < -0.39 is 0 Å². The topological polar surface area (TPSA) is 85.5 Å². The first-order chi connectivity index (χ1) is 10.7. The third-order valence-corrected chi connectivity index (χ3v) is 3.57. The molecule has 7 nitrogen and oxygen atoms in total. The summed E-state index contributed by atoms with van der Waals surface area (Å²) in [5.74, 6) is 0.875. The molecule has 1 aliphatic heterocycles. The first kappa shape index (κ1) is 14.4. The van der Waals surface area contributed by atoms with Gasteiger partial charge in [0.15, 0.2) is 5.69 Å². The predicted molar refractivity (Wildman–Crippen MR) is 79.4 cm³/mol. The Bertz CT molecular complexity index is 696. The summed E-state index contributed by atoms with van der Waals surface area (Å²) in [6, 6.07) is 5.19. The van der Waals surface area contributed by atoms with Crippen molar-refractivity contribution in [3.63, 3.8) is 0 Å². The maximum atomic E-state index is 12.4. The van der Waals surface area contributed by atoms with Crippen LogP contribution < -0.4 is 14.8 Å². The van der Waals surface area contributed by atoms with Gasteiger partial charge in [0.05, 0.1) is 33.1 Å². The molecule has 0 fully saturated rings. The van der Waals surface area contributed by atoms with Gasteiger partial charge in [0, 0.05) is 23.7 Å². The maximum Gasteiger partial charge on any atom is 0.276 e. The summed E-state index contributed by atoms with van der Waals surface area (Å²) in [5, 5.41) is 9.81. The quantitative estimate of drug-likeness (QED) is 0.899. The van der Waals surface area contributed by atoms with Crippen molar-refractivity contribution < 1.29 is 19.0 Å². The number of H-pyrrole nitrogens is 1. The fourth-order valence-corrected chi connectivity index (χ4v) is 2.38. The molecule has 0 saturated heterocycles. The van der Waals surface area contributed by atoms with Gasteiger partial charge in [-0.3, -0.25) is 9.89 Å². The zero-order valence-electron chi connectivity index (χ0n) is 12.4. The number of hydrogen-bond acceptors (Lipinski definition) is 5. The van der Waals surface area contributed by atoms with Gasteiger partial charge < -0.3 is 19.5 Å². The number of hydrogen-bond donors (Lipinski definition) is 2. The number of benzene rings is 1. The van der Waals surface area contributed by atoms with Crippen LogP contribution in [0.15, 0.2) is 18.2 Å². The van der Waals surface area contributed by atoms with Crippen LogP contribution >= 0.6 is 0 Å². The first-order valence-corrected chi connectivity index (χ1v) is 6.90. The normalized spacial score (nSPS) is 13.4. The van der Waals surface area contributed by atoms with Crippen LogP contribution in [-0.4, -0.2) is 36.9 Å². The zero-order valence-corrected chi connectivity index (χ0v) is 12.4. The van der Waals surface area contributed by atoms with Crippen molar-refractivity contribution in [2.24, 2.45) is 0 Å². The molecule has 3 rings (SSSR count). The molecule has 1 aliphatic rings. The highest BCUT2D eigenvalue weighted by molar-refractivity contribution is 6.04. The average molecular weight is 303 g/mol. The van der Waals surface area contributed by atoms with Crippen LogP contribution in [0.4, 0.5) is 5.69 Å². The molecule has 2 aromatic rings. The van der Waals surface area contributed by atoms with Crippen molar-refractivity contribution in [3.8, 4) is 11.5 Å². The van der Waals surface area contributed by atoms with Gasteiger partial charge in [0.1, 0.15) is 11.5 Å². The number of aromatic nitrogens is 2. The SMILES string of the molecule is COc1ccc(NC(=O)c2n[nH]c3c2COCC3)c(OC)c1. The van der Waals surface area contributed by atoms with E-state index in [4.69, 9.17) is 14.2 Å². The van der Waals surface area contributed by atoms with Gasteiger partial charge in [0.25, 0.3) is 5.91 Å². The van der Waals surface area contributed by atoms with Crippen LogP contribution in [0.1, 0.15) is 21.7 Å². The minimum atomic E-state index is -0.300. The van der Waals surface area contributed by atoms with Crippen LogP contribution in [0, 0.1) is 0 Å². The van der Waals surface area contributed by atoms with Gasteiger partial charge in [-0.05, 0) is 12.1 Å². The fourth-order valence-electron chi connectivity index (χ4n) is 2.38. The van der Waals surface area contributed by atoms with Crippen LogP contribution in [-0.2, 0) is 17.8 Å². The molecular weight excluding hydrogens is 286 g/mol. The third-order valence-electron chi connectivity index (χ3n) is 3.57. The summed E-state index contributed by atoms with van der Waals surface area (Å²) < 4.78 is 15.8. The number of rotatable bonds is 4. The number of fused-ring (bicyclic) bond motifs is 1. The minimum absolute atomic E-state index is 0.300. The Balaban J connectivity index is 1.84. The van der Waals surface area contributed by atoms with Gasteiger partial charge in [-0.2, -0.15) is 5.10 Å². The molecule has 0 atom stereocenters. The van der Waals surface area contributed by atoms with Gasteiger partial charge in [0.2, 0.25) is 0 Å². The van der Waals surface area contributed by atoms with Gasteiger partial charge >= 0.3 is 0 Å². The van der Waals surface area contributed by atoms with Crippen LogP contribution in [0.2, 0.25) is 0 Å². The predicted octanol–water partition coefficient (Wildman–Crippen LogP) is 1.75. The largest absolute Gasteiger partial charge is 0.497 e. The molecular formula is C15H17N3O4. The number of methoxy groups -OCH3 is 2. The number of aromatic amines is 1. The second kappa shape index (κ2) is 6.07. The lowest BCUT2D eigenvalue weighted by atomic mass is 10.1. The van der Waals surface area contributed by atoms with E-state index in [1.54, 1.807) is 25.3 Å². The molecule has 116 valence electrons. The van der Waals surface area contributed by atoms with E-state index >= 15 is 0 Å². The zero-order chi connectivity index (χ0) is 15.5. The first-order valence-electron chi connectivity index (χ1n) is 6.90. The highest BCUT2D eigenvalue weighted by Gasteiger charge is 2.23. The van der Waals surface area contributed by atoms with Crippen molar-refractivity contribution >= 4 is 11.6 Å². The summed E-state index contributed by atoms with van der Waals surface area (Å²) in [6.07, 6.45) is 0.738. The lowest BCUT2D eigenvalue weighted by Crippen LogP contribution is -2.17. The van der Waals surface area contributed by atoms with Crippen molar-refractivity contribution in [1.29, 1.82) is 0 Å². The number of carbonyl (C=O) groups excluding carboxylic acids is 1. The number of anilines is 1. The molecule has 0 bridgehead atoms. The van der Waals surface area contributed by atoms with Crippen LogP contribution in [0.3, 0.4) is 0 Å². The molecule has 0 unspecified atom stereocenters. The molecule has 1 aromatic heterocycles. The summed E-state index contributed by atoms with van der Waals surface area (Å²) in [6.45, 7) is 1.04. The molecule has 2 N–H and O–H groups in total. The Hall–Kier alpha value is -2.54. The number of nitrogens with zero attached hydrogens (tertiary/aromatic N) is 1. The average Bonchev–Trinajstić information content (AvgIpc) is 2.99. The molecule has 2 heterocycles. The number of carbonyl (C=O) groups is 1. The lowest BCUT2D eigenvalue weighted by Gasteiger charge is -2.13. The molecule has 7 heteroatoms. The second-order valence-corrected chi connectivity index (χ2v) is 4.85. The monoisotopic (exact) mass is 303 g/mol. The number of nitrogens with one attached hydrogen (secondary N) is 2. The second-order valence-electron chi connectivity index (χ2n) is 4.85. The fraction of sp³-hybridized carbons (Fsp3) is 0.333. The minimum Gasteiger partial charge on any atom is -0.497 e. The highest BCUT2D eigenvalue weighted by Crippen LogP contribution is 2.29. The third kappa shape index (κ3) is 2.62. The molecule has 0 saturated carbocycles. The maximum absolute atomic E-state index is 12.4. The van der Waals surface area contributed by atoms with Gasteiger partial charge in [-0.25, -0.2) is 0 Å². The van der Waals surface area contributed by atoms with Gasteiger partial charge in [-0.15, -0.1) is 0 Å². The van der Waals surface area contributed by atoms with E-state index in [-0.39, 0.29) is 5.91 Å². The number of amides is 1. The lowest BCUT2D eigenvalue weighted by molar-refractivity contribution is 0.0985. The molecule has 22 heavy (non-hydrogen) atoms. The van der Waals surface area contributed by atoms with Crippen molar-refractivity contribution in [1.82, 2.24) is 10.2 Å². The Morgan fingerprint density at radius 1 is 1.36 bits per heavy atom. The molecule has 1 amide bonds. The Morgan fingerprint density at radius 3 is 3.00 bits per heavy atom. The molecule has 0 aliphatic carbocycles. The molecule has 1 aromatic carbocycles. The molecule has 0 spiro atoms. The summed E-state index contributed by atoms with van der Waals surface area (Å²) in [5.41, 5.74) is 2.68. The van der Waals surface area contributed by atoms with Crippen LogP contribution in [0.25, 0.3) is 0 Å². The van der Waals surface area contributed by atoms with E-state index in [0.717, 1.165) is 17.7 Å². The standard InChI is InChI=1S/C15H17N3O4/c1-20-9-3-4-12(13(7-9)21-2)16-15(19)14-10-8-22-6-5-11(10)17-18-14/h3-4,7H,5-6,8H2,1-2H3,(H,16,19)(H,17,18). The van der Waals surface area contributed by atoms with E-state index in [9.17, 15) is 4.79 Å². The van der Waals surface area contributed by atoms with Crippen molar-refractivity contribution in [2.45, 2.75) is 13.0 Å². The van der Waals surface area contributed by atoms with Crippen molar-refractivity contribution in [2.75, 3.05) is 26.1 Å². The van der Waals surface area contributed by atoms with E-state index in [2.05, 4.69) is 15.5 Å². The van der Waals surface area contributed by atoms with E-state index in [1.165, 1.54) is 7.11 Å². The summed E-state index contributed by atoms with van der Waals surface area (Å²) in [4.78, 5) is 12.4. The van der Waals surface area contributed by atoms with E-state index in [0.29, 0.717) is 36.1 Å². The summed E-state index contributed by atoms with van der Waals surface area (Å²) >= 11 is 0. The van der Waals surface area contributed by atoms with Crippen molar-refractivity contribution in [3.05, 3.63) is 35.2 Å². The smallest absolute Gasteiger partial charge is 0.276 e. The Morgan fingerprint density at radius 2 is 2.23 bits per heavy atom. The van der Waals surface area contributed by atoms with E-state index in [1.807, 2.05) is 0 Å². The Kier molecular flexibility index (Phi) is 3.97. The summed E-state index contributed by atoms with van der Waals surface area (Å²) in [7, 11) is 3.11. The highest BCUT2D eigenvalue weighted by atomic mass is 16.5. The molecule has 0 radical (unpaired) electrons.